The van der Waals surface area contributed by atoms with Gasteiger partial charge in [-0.2, -0.15) is 0 Å². The number of carbonyl (C=O) groups is 2. The van der Waals surface area contributed by atoms with Crippen molar-refractivity contribution in [3.63, 3.8) is 0 Å². The Morgan fingerprint density at radius 3 is 2.50 bits per heavy atom. The minimum absolute atomic E-state index is 0.0244. The average Bonchev–Trinajstić information content (AvgIpc) is 2.71. The highest BCUT2D eigenvalue weighted by molar-refractivity contribution is 7.99. The van der Waals surface area contributed by atoms with Crippen molar-refractivity contribution in [1.29, 1.82) is 0 Å². The summed E-state index contributed by atoms with van der Waals surface area (Å²) in [7, 11) is 0. The number of halogens is 1. The van der Waals surface area contributed by atoms with E-state index in [2.05, 4.69) is 25.8 Å². The standard InChI is InChI=1S/C22H22ClN5O3S/c1-11-7-13(3)19(24-14(4)29)16(8-11)20-21(31)26-22(28-27-20)32-10-18(30)25-17-9-15(23)6-5-12(17)2/h5-9H,10H2,1-4H3,(H,24,29)(H,25,30)(H,26,28,31). The molecule has 0 aliphatic carbocycles. The van der Waals surface area contributed by atoms with Crippen LogP contribution >= 0.6 is 23.4 Å². The number of aromatic amines is 1. The number of H-pyrrole nitrogens is 1. The highest BCUT2D eigenvalue weighted by Crippen LogP contribution is 2.29. The second-order valence-electron chi connectivity index (χ2n) is 7.29. The molecule has 1 heterocycles. The Morgan fingerprint density at radius 1 is 1.06 bits per heavy atom. The first-order chi connectivity index (χ1) is 15.1. The molecular formula is C22H22ClN5O3S. The number of carbonyl (C=O) groups excluding carboxylic acids is 2. The Bertz CT molecular complexity index is 1260. The second kappa shape index (κ2) is 9.97. The van der Waals surface area contributed by atoms with Crippen LogP contribution in [-0.4, -0.2) is 32.7 Å². The lowest BCUT2D eigenvalue weighted by molar-refractivity contribution is -0.114. The average molecular weight is 472 g/mol. The Hall–Kier alpha value is -3.17. The van der Waals surface area contributed by atoms with Crippen LogP contribution in [0.2, 0.25) is 5.02 Å². The van der Waals surface area contributed by atoms with E-state index in [1.165, 1.54) is 6.92 Å². The van der Waals surface area contributed by atoms with Gasteiger partial charge in [-0.15, -0.1) is 10.2 Å². The lowest BCUT2D eigenvalue weighted by atomic mass is 10.0. The monoisotopic (exact) mass is 471 g/mol. The molecule has 0 fully saturated rings. The molecule has 0 radical (unpaired) electrons. The molecule has 8 nitrogen and oxygen atoms in total. The summed E-state index contributed by atoms with van der Waals surface area (Å²) in [4.78, 5) is 39.3. The molecule has 32 heavy (non-hydrogen) atoms. The van der Waals surface area contributed by atoms with E-state index in [9.17, 15) is 14.4 Å². The summed E-state index contributed by atoms with van der Waals surface area (Å²) in [5, 5.41) is 14.4. The van der Waals surface area contributed by atoms with Crippen molar-refractivity contribution in [3.05, 3.63) is 62.4 Å². The highest BCUT2D eigenvalue weighted by atomic mass is 35.5. The van der Waals surface area contributed by atoms with Crippen LogP contribution in [0.25, 0.3) is 11.3 Å². The van der Waals surface area contributed by atoms with Crippen LogP contribution in [0.4, 0.5) is 11.4 Å². The van der Waals surface area contributed by atoms with E-state index < -0.39 is 5.56 Å². The number of hydrogen-bond donors (Lipinski definition) is 3. The summed E-state index contributed by atoms with van der Waals surface area (Å²) < 4.78 is 0. The third-order valence-electron chi connectivity index (χ3n) is 4.53. The number of aryl methyl sites for hydroxylation is 3. The molecule has 1 aromatic heterocycles. The Labute approximate surface area is 194 Å². The van der Waals surface area contributed by atoms with E-state index in [-0.39, 0.29) is 28.4 Å². The summed E-state index contributed by atoms with van der Waals surface area (Å²) >= 11 is 7.03. The normalized spacial score (nSPS) is 10.7. The van der Waals surface area contributed by atoms with Gasteiger partial charge in [0.2, 0.25) is 11.8 Å². The lowest BCUT2D eigenvalue weighted by Crippen LogP contribution is -2.18. The summed E-state index contributed by atoms with van der Waals surface area (Å²) in [6.45, 7) is 6.99. The van der Waals surface area contributed by atoms with Crippen LogP contribution in [0.1, 0.15) is 23.6 Å². The molecule has 3 N–H and O–H groups in total. The van der Waals surface area contributed by atoms with Gasteiger partial charge in [0.05, 0.1) is 11.4 Å². The van der Waals surface area contributed by atoms with Gasteiger partial charge in [0, 0.05) is 23.2 Å². The predicted molar refractivity (Wildman–Crippen MR) is 127 cm³/mol. The third-order valence-corrected chi connectivity index (χ3v) is 5.62. The summed E-state index contributed by atoms with van der Waals surface area (Å²) in [5.41, 5.74) is 3.85. The van der Waals surface area contributed by atoms with Crippen molar-refractivity contribution in [3.8, 4) is 11.3 Å². The number of nitrogens with zero attached hydrogens (tertiary/aromatic N) is 2. The third kappa shape index (κ3) is 5.74. The molecule has 2 amide bonds. The smallest absolute Gasteiger partial charge is 0.278 e. The van der Waals surface area contributed by atoms with Crippen LogP contribution in [0.5, 0.6) is 0 Å². The van der Waals surface area contributed by atoms with E-state index in [0.29, 0.717) is 22.0 Å². The molecule has 0 spiro atoms. The number of rotatable bonds is 6. The van der Waals surface area contributed by atoms with E-state index >= 15 is 0 Å². The summed E-state index contributed by atoms with van der Waals surface area (Å²) in [5.74, 6) is -0.499. The maximum atomic E-state index is 12.7. The van der Waals surface area contributed by atoms with Crippen molar-refractivity contribution in [1.82, 2.24) is 15.2 Å². The van der Waals surface area contributed by atoms with Gasteiger partial charge in [0.15, 0.2) is 10.9 Å². The zero-order valence-corrected chi connectivity index (χ0v) is 19.6. The molecule has 0 saturated heterocycles. The van der Waals surface area contributed by atoms with Crippen molar-refractivity contribution in [2.24, 2.45) is 0 Å². The van der Waals surface area contributed by atoms with Crippen molar-refractivity contribution >= 4 is 46.6 Å². The van der Waals surface area contributed by atoms with Crippen LogP contribution in [0.15, 0.2) is 40.3 Å². The topological polar surface area (TPSA) is 117 Å². The number of thioether (sulfide) groups is 1. The summed E-state index contributed by atoms with van der Waals surface area (Å²) in [6, 6.07) is 8.91. The molecule has 3 aromatic rings. The van der Waals surface area contributed by atoms with Gasteiger partial charge in [-0.3, -0.25) is 19.4 Å². The van der Waals surface area contributed by atoms with Crippen LogP contribution in [0.3, 0.4) is 0 Å². The fourth-order valence-electron chi connectivity index (χ4n) is 3.11. The van der Waals surface area contributed by atoms with Crippen LogP contribution in [0, 0.1) is 20.8 Å². The second-order valence-corrected chi connectivity index (χ2v) is 8.69. The Morgan fingerprint density at radius 2 is 1.81 bits per heavy atom. The molecule has 166 valence electrons. The first kappa shape index (κ1) is 23.5. The predicted octanol–water partition coefficient (Wildman–Crippen LogP) is 4.10. The Balaban J connectivity index is 1.78. The largest absolute Gasteiger partial charge is 0.325 e. The molecule has 0 atom stereocenters. The van der Waals surface area contributed by atoms with Gasteiger partial charge in [0.25, 0.3) is 5.56 Å². The van der Waals surface area contributed by atoms with Crippen molar-refractivity contribution in [2.75, 3.05) is 16.4 Å². The number of benzene rings is 2. The molecule has 0 saturated carbocycles. The number of anilines is 2. The van der Waals surface area contributed by atoms with Gasteiger partial charge in [-0.1, -0.05) is 41.1 Å². The SMILES string of the molecule is CC(=O)Nc1c(C)cc(C)cc1-c1nnc(SCC(=O)Nc2cc(Cl)ccc2C)[nH]c1=O. The lowest BCUT2D eigenvalue weighted by Gasteiger charge is -2.13. The highest BCUT2D eigenvalue weighted by Gasteiger charge is 2.16. The maximum Gasteiger partial charge on any atom is 0.278 e. The van der Waals surface area contributed by atoms with E-state index in [0.717, 1.165) is 28.5 Å². The fourth-order valence-corrected chi connectivity index (χ4v) is 3.88. The zero-order chi connectivity index (χ0) is 23.4. The molecule has 0 aliphatic heterocycles. The molecule has 0 unspecified atom stereocenters. The quantitative estimate of drug-likeness (QED) is 0.466. The molecule has 10 heteroatoms. The minimum Gasteiger partial charge on any atom is -0.325 e. The van der Waals surface area contributed by atoms with Gasteiger partial charge >= 0.3 is 0 Å². The molecule has 3 rings (SSSR count). The number of amides is 2. The van der Waals surface area contributed by atoms with Gasteiger partial charge < -0.3 is 10.6 Å². The molecule has 0 bridgehead atoms. The Kier molecular flexibility index (Phi) is 7.32. The molecule has 2 aromatic carbocycles. The molecule has 0 aliphatic rings. The van der Waals surface area contributed by atoms with Crippen LogP contribution in [-0.2, 0) is 9.59 Å². The van der Waals surface area contributed by atoms with Gasteiger partial charge in [-0.05, 0) is 50.1 Å². The van der Waals surface area contributed by atoms with E-state index in [4.69, 9.17) is 11.6 Å². The molecular weight excluding hydrogens is 450 g/mol. The van der Waals surface area contributed by atoms with E-state index in [1.807, 2.05) is 32.9 Å². The van der Waals surface area contributed by atoms with Crippen molar-refractivity contribution in [2.45, 2.75) is 32.9 Å². The maximum absolute atomic E-state index is 12.7. The first-order valence-corrected chi connectivity index (χ1v) is 11.1. The van der Waals surface area contributed by atoms with Gasteiger partial charge in [-0.25, -0.2) is 0 Å². The van der Waals surface area contributed by atoms with Crippen molar-refractivity contribution < 1.29 is 9.59 Å². The zero-order valence-electron chi connectivity index (χ0n) is 18.0. The van der Waals surface area contributed by atoms with Gasteiger partial charge in [0.1, 0.15) is 0 Å². The minimum atomic E-state index is -0.467. The number of nitrogens with one attached hydrogen (secondary N) is 3. The number of aromatic nitrogens is 3. The van der Waals surface area contributed by atoms with Crippen LogP contribution < -0.4 is 16.2 Å². The number of hydrogen-bond acceptors (Lipinski definition) is 6. The van der Waals surface area contributed by atoms with E-state index in [1.54, 1.807) is 18.2 Å². The summed E-state index contributed by atoms with van der Waals surface area (Å²) in [6.07, 6.45) is 0. The first-order valence-electron chi connectivity index (χ1n) is 9.69. The fraction of sp³-hybridized carbons (Fsp3) is 0.227.